The van der Waals surface area contributed by atoms with E-state index in [2.05, 4.69) is 9.37 Å². The van der Waals surface area contributed by atoms with Crippen molar-refractivity contribution in [3.05, 3.63) is 95.8 Å². The predicted molar refractivity (Wildman–Crippen MR) is 239 cm³/mol. The van der Waals surface area contributed by atoms with Crippen LogP contribution in [0.15, 0.2) is 94.4 Å². The van der Waals surface area contributed by atoms with E-state index >= 15 is 0 Å². The van der Waals surface area contributed by atoms with Gasteiger partial charge in [-0.3, -0.25) is 14.1 Å². The molecule has 0 bridgehead atoms. The fourth-order valence-corrected chi connectivity index (χ4v) is 10.5. The summed E-state index contributed by atoms with van der Waals surface area (Å²) in [4.78, 5) is 42.5. The lowest BCUT2D eigenvalue weighted by Crippen LogP contribution is -2.33. The number of fused-ring (bicyclic) bond motifs is 2. The molecule has 2 N–H and O–H groups in total. The van der Waals surface area contributed by atoms with Crippen LogP contribution in [0.3, 0.4) is 0 Å². The van der Waals surface area contributed by atoms with Crippen LogP contribution in [-0.2, 0) is 69.7 Å². The average molecular weight is 981 g/mol. The van der Waals surface area contributed by atoms with Crippen LogP contribution in [-0.4, -0.2) is 115 Å². The first-order chi connectivity index (χ1) is 30.4. The van der Waals surface area contributed by atoms with E-state index in [9.17, 15) is 48.7 Å². The fourth-order valence-electron chi connectivity index (χ4n) is 7.89. The highest BCUT2D eigenvalue weighted by molar-refractivity contribution is 7.94. The minimum atomic E-state index is -4.51. The van der Waals surface area contributed by atoms with Gasteiger partial charge in [0.05, 0.1) is 25.3 Å². The van der Waals surface area contributed by atoms with E-state index in [1.165, 1.54) is 25.2 Å². The first-order valence-corrected chi connectivity index (χ1v) is 25.8. The van der Waals surface area contributed by atoms with Gasteiger partial charge in [0.2, 0.25) is 15.7 Å². The summed E-state index contributed by atoms with van der Waals surface area (Å²) >= 11 is 0.919. The Labute approximate surface area is 383 Å². The highest BCUT2D eigenvalue weighted by Crippen LogP contribution is 2.48. The van der Waals surface area contributed by atoms with E-state index in [0.29, 0.717) is 46.3 Å². The molecule has 1 fully saturated rings. The van der Waals surface area contributed by atoms with E-state index in [4.69, 9.17) is 10.1 Å². The molecule has 0 atom stereocenters. The van der Waals surface area contributed by atoms with Crippen LogP contribution in [0.1, 0.15) is 77.3 Å². The summed E-state index contributed by atoms with van der Waals surface area (Å²) in [6, 6.07) is 9.07. The maximum absolute atomic E-state index is 13.8. The summed E-state index contributed by atoms with van der Waals surface area (Å²) in [5, 5.41) is 12.6. The SMILES string of the molecule is CN(CCCC(=O)ON1C(=O)CCC1=O)S(=O)(=O)c1ccc2c(c1)C(C)(C)C(/C=C/C=C/C=C/C=C1/N(CCCSOOO)c3ccc(S(=O)(=O)O)cc3C1(C)C)=[N+]2CCCS(=O)(=O)[O-]. The minimum Gasteiger partial charge on any atom is -0.748 e. The molecule has 3 aliphatic rings. The molecule has 2 aromatic rings. The lowest BCUT2D eigenvalue weighted by molar-refractivity contribution is -0.437. The molecule has 0 radical (unpaired) electrons. The van der Waals surface area contributed by atoms with Crippen molar-refractivity contribution in [3.8, 4) is 0 Å². The number of hydrogen-bond donors (Lipinski definition) is 2. The molecule has 3 aliphatic heterocycles. The molecule has 5 rings (SSSR count). The number of hydrogen-bond acceptors (Lipinski definition) is 16. The number of allylic oxidation sites excluding steroid dienone is 8. The molecular formula is C42H52N4O15S4. The third-order valence-electron chi connectivity index (χ3n) is 11.2. The molecule has 354 valence electrons. The quantitative estimate of drug-likeness (QED) is 0.0228. The number of amides is 2. The number of hydroxylamine groups is 2. The van der Waals surface area contributed by atoms with Gasteiger partial charge >= 0.3 is 5.97 Å². The van der Waals surface area contributed by atoms with Crippen molar-refractivity contribution >= 4 is 77.2 Å². The van der Waals surface area contributed by atoms with Crippen LogP contribution in [0.25, 0.3) is 0 Å². The molecule has 0 saturated carbocycles. The molecule has 0 aromatic heterocycles. The van der Waals surface area contributed by atoms with Crippen molar-refractivity contribution in [2.45, 2.75) is 86.8 Å². The fraction of sp³-hybridized carbons (Fsp3) is 0.429. The molecule has 65 heavy (non-hydrogen) atoms. The second-order valence-electron chi connectivity index (χ2n) is 16.4. The zero-order valence-electron chi connectivity index (χ0n) is 36.4. The molecular weight excluding hydrogens is 929 g/mol. The van der Waals surface area contributed by atoms with Crippen LogP contribution in [0.2, 0.25) is 0 Å². The molecule has 0 unspecified atom stereocenters. The third kappa shape index (κ3) is 12.3. The van der Waals surface area contributed by atoms with Gasteiger partial charge in [0, 0.05) is 104 Å². The van der Waals surface area contributed by atoms with Crippen LogP contribution in [0, 0.1) is 0 Å². The highest BCUT2D eigenvalue weighted by atomic mass is 32.2. The summed E-state index contributed by atoms with van der Waals surface area (Å²) in [5.74, 6) is -2.21. The van der Waals surface area contributed by atoms with Crippen LogP contribution >= 0.6 is 12.0 Å². The van der Waals surface area contributed by atoms with Crippen LogP contribution in [0.5, 0.6) is 0 Å². The number of carbonyl (C=O) groups excluding carboxylic acids is 3. The predicted octanol–water partition coefficient (Wildman–Crippen LogP) is 5.06. The Morgan fingerprint density at radius 3 is 2.20 bits per heavy atom. The molecule has 2 aromatic carbocycles. The summed E-state index contributed by atoms with van der Waals surface area (Å²) in [6.45, 7) is 8.25. The zero-order chi connectivity index (χ0) is 48.0. The summed E-state index contributed by atoms with van der Waals surface area (Å²) in [5.41, 5.74) is 2.83. The molecule has 2 amide bonds. The number of anilines is 1. The standard InChI is InChI=1S/C42H52N4O15S4/c1-41(2)32-28-30(64(54,55)43(5)23-11-16-40(49)59-46-38(47)21-22-39(46)48)17-19-34(32)45(25-13-27-63(51,52)53)37(41)15-10-8-6-7-9-14-36-42(3,4)33-29-31(65(56,57)58)18-20-35(33)44(36)24-12-26-62-61-60-50/h6-10,14-15,17-20,28-29H,11-13,16,21-27H2,1-5H3,(H2-,50,51,52,53,56,57,58). The zero-order valence-corrected chi connectivity index (χ0v) is 39.7. The van der Waals surface area contributed by atoms with Crippen molar-refractivity contribution in [3.63, 3.8) is 0 Å². The van der Waals surface area contributed by atoms with E-state index in [1.807, 2.05) is 55.4 Å². The van der Waals surface area contributed by atoms with E-state index < -0.39 is 64.6 Å². The molecule has 3 heterocycles. The van der Waals surface area contributed by atoms with Crippen LogP contribution < -0.4 is 4.90 Å². The summed E-state index contributed by atoms with van der Waals surface area (Å²) in [7, 11) is -11.7. The first-order valence-electron chi connectivity index (χ1n) is 20.4. The number of carbonyl (C=O) groups is 3. The van der Waals surface area contributed by atoms with Gasteiger partial charge in [0.25, 0.3) is 21.9 Å². The molecule has 23 heteroatoms. The third-order valence-corrected chi connectivity index (χ3v) is 15.3. The Bertz CT molecular complexity index is 2660. The minimum absolute atomic E-state index is 0.00922. The number of imide groups is 1. The summed E-state index contributed by atoms with van der Waals surface area (Å²) in [6.07, 6.45) is 13.0. The van der Waals surface area contributed by atoms with Gasteiger partial charge in [-0.05, 0) is 68.7 Å². The molecule has 0 aliphatic carbocycles. The lowest BCUT2D eigenvalue weighted by atomic mass is 9.81. The van der Waals surface area contributed by atoms with Gasteiger partial charge in [-0.2, -0.15) is 13.0 Å². The Hall–Kier alpha value is -4.56. The second kappa shape index (κ2) is 20.9. The number of rotatable bonds is 22. The summed E-state index contributed by atoms with van der Waals surface area (Å²) < 4.78 is 103. The molecule has 19 nitrogen and oxygen atoms in total. The van der Waals surface area contributed by atoms with Crippen molar-refractivity contribution in [1.29, 1.82) is 0 Å². The van der Waals surface area contributed by atoms with E-state index in [0.717, 1.165) is 27.7 Å². The number of sulfonamides is 1. The van der Waals surface area contributed by atoms with Crippen molar-refractivity contribution in [2.24, 2.45) is 0 Å². The Balaban J connectivity index is 1.33. The van der Waals surface area contributed by atoms with Gasteiger partial charge < -0.3 is 14.3 Å². The van der Waals surface area contributed by atoms with Crippen molar-refractivity contribution in [1.82, 2.24) is 9.37 Å². The molecule has 1 saturated heterocycles. The maximum Gasteiger partial charge on any atom is 0.333 e. The normalized spacial score (nSPS) is 18.1. The van der Waals surface area contributed by atoms with Crippen LogP contribution in [0.4, 0.5) is 11.4 Å². The topological polar surface area (TPSA) is 258 Å². The first kappa shape index (κ1) is 51.4. The number of benzene rings is 2. The van der Waals surface area contributed by atoms with Crippen molar-refractivity contribution in [2.75, 3.05) is 43.1 Å². The Morgan fingerprint density at radius 2 is 1.54 bits per heavy atom. The lowest BCUT2D eigenvalue weighted by Gasteiger charge is -2.27. The van der Waals surface area contributed by atoms with Crippen molar-refractivity contribution < 1.29 is 72.8 Å². The highest BCUT2D eigenvalue weighted by Gasteiger charge is 2.45. The second-order valence-corrected chi connectivity index (χ2v) is 22.1. The van der Waals surface area contributed by atoms with Gasteiger partial charge in [-0.25, -0.2) is 31.2 Å². The smallest absolute Gasteiger partial charge is 0.333 e. The van der Waals surface area contributed by atoms with E-state index in [-0.39, 0.29) is 55.0 Å². The number of nitrogens with zero attached hydrogens (tertiary/aromatic N) is 4. The molecule has 0 spiro atoms. The average Bonchev–Trinajstić information content (AvgIpc) is 3.73. The van der Waals surface area contributed by atoms with Gasteiger partial charge in [0.15, 0.2) is 5.71 Å². The van der Waals surface area contributed by atoms with Gasteiger partial charge in [0.1, 0.15) is 6.54 Å². The van der Waals surface area contributed by atoms with Gasteiger partial charge in [-0.15, -0.1) is 9.40 Å². The Kier molecular flexibility index (Phi) is 16.6. The maximum atomic E-state index is 13.8. The largest absolute Gasteiger partial charge is 0.748 e. The monoisotopic (exact) mass is 980 g/mol. The Morgan fingerprint density at radius 1 is 0.892 bits per heavy atom. The van der Waals surface area contributed by atoms with Gasteiger partial charge in [-0.1, -0.05) is 49.3 Å². The van der Waals surface area contributed by atoms with E-state index in [1.54, 1.807) is 42.5 Å².